The third kappa shape index (κ3) is 4.49. The van der Waals surface area contributed by atoms with Crippen LogP contribution in [0.1, 0.15) is 53.4 Å². The van der Waals surface area contributed by atoms with Crippen LogP contribution in [0.2, 0.25) is 0 Å². The topological polar surface area (TPSA) is 72.9 Å². The van der Waals surface area contributed by atoms with Crippen molar-refractivity contribution in [1.29, 1.82) is 0 Å². The molecular formula is C27H35N3O3. The highest BCUT2D eigenvalue weighted by Gasteiger charge is 2.58. The number of benzene rings is 2. The summed E-state index contributed by atoms with van der Waals surface area (Å²) in [5.74, 6) is 0.142. The molecule has 176 valence electrons. The number of amides is 2. The highest BCUT2D eigenvalue weighted by Crippen LogP contribution is 2.52. The van der Waals surface area contributed by atoms with Crippen LogP contribution in [-0.2, 0) is 0 Å². The molecule has 4 rings (SSSR count). The molecule has 2 aliphatic rings. The molecule has 2 N–H and O–H groups in total. The zero-order chi connectivity index (χ0) is 23.8. The van der Waals surface area contributed by atoms with Gasteiger partial charge in [-0.15, -0.1) is 0 Å². The van der Waals surface area contributed by atoms with E-state index in [1.165, 1.54) is 0 Å². The molecule has 33 heavy (non-hydrogen) atoms. The van der Waals surface area contributed by atoms with E-state index >= 15 is 0 Å². The van der Waals surface area contributed by atoms with Crippen LogP contribution in [0, 0.1) is 24.7 Å². The normalized spacial score (nSPS) is 25.6. The molecule has 2 heterocycles. The molecule has 0 aliphatic carbocycles. The van der Waals surface area contributed by atoms with Crippen LogP contribution >= 0.6 is 0 Å². The summed E-state index contributed by atoms with van der Waals surface area (Å²) < 4.78 is 0. The third-order valence-corrected chi connectivity index (χ3v) is 7.90. The van der Waals surface area contributed by atoms with Gasteiger partial charge in [0.15, 0.2) is 0 Å². The van der Waals surface area contributed by atoms with Gasteiger partial charge in [-0.25, -0.2) is 4.79 Å². The smallest absolute Gasteiger partial charge is 0.405 e. The monoisotopic (exact) mass is 449 g/mol. The van der Waals surface area contributed by atoms with Gasteiger partial charge in [0.25, 0.3) is 5.91 Å². The van der Waals surface area contributed by atoms with Gasteiger partial charge in [-0.3, -0.25) is 4.79 Å². The van der Waals surface area contributed by atoms with E-state index in [4.69, 9.17) is 0 Å². The Labute approximate surface area is 196 Å². The molecular weight excluding hydrogens is 414 g/mol. The molecule has 0 radical (unpaired) electrons. The predicted octanol–water partition coefficient (Wildman–Crippen LogP) is 4.49. The summed E-state index contributed by atoms with van der Waals surface area (Å²) >= 11 is 0. The molecule has 3 atom stereocenters. The molecule has 0 aromatic heterocycles. The SMILES string of the molecule is Cc1cccc(C)c1C(=O)N1CC2(C)CN(CCC(NC(=O)O)c3ccccc3)C[C@@]2(C)C1. The molecule has 6 heteroatoms. The molecule has 2 unspecified atom stereocenters. The molecule has 2 saturated heterocycles. The predicted molar refractivity (Wildman–Crippen MR) is 129 cm³/mol. The lowest BCUT2D eigenvalue weighted by Crippen LogP contribution is -2.37. The molecule has 2 fully saturated rings. The van der Waals surface area contributed by atoms with E-state index < -0.39 is 6.09 Å². The molecule has 0 bridgehead atoms. The van der Waals surface area contributed by atoms with Gasteiger partial charge in [0.1, 0.15) is 0 Å². The van der Waals surface area contributed by atoms with Crippen LogP contribution in [0.5, 0.6) is 0 Å². The van der Waals surface area contributed by atoms with Crippen LogP contribution in [-0.4, -0.2) is 59.6 Å². The Kier molecular flexibility index (Phi) is 6.23. The highest BCUT2D eigenvalue weighted by molar-refractivity contribution is 5.97. The summed E-state index contributed by atoms with van der Waals surface area (Å²) in [5, 5.41) is 12.0. The first-order valence-electron chi connectivity index (χ1n) is 11.7. The molecule has 6 nitrogen and oxygen atoms in total. The summed E-state index contributed by atoms with van der Waals surface area (Å²) in [4.78, 5) is 29.2. The maximum atomic E-state index is 13.4. The Balaban J connectivity index is 1.43. The number of likely N-dealkylation sites (tertiary alicyclic amines) is 2. The highest BCUT2D eigenvalue weighted by atomic mass is 16.4. The summed E-state index contributed by atoms with van der Waals surface area (Å²) in [7, 11) is 0. The third-order valence-electron chi connectivity index (χ3n) is 7.90. The van der Waals surface area contributed by atoms with Gasteiger partial charge in [-0.1, -0.05) is 62.4 Å². The number of rotatable bonds is 6. The van der Waals surface area contributed by atoms with Gasteiger partial charge in [-0.2, -0.15) is 0 Å². The first-order valence-corrected chi connectivity index (χ1v) is 11.7. The number of carbonyl (C=O) groups is 2. The maximum absolute atomic E-state index is 13.4. The Morgan fingerprint density at radius 2 is 1.52 bits per heavy atom. The number of aryl methyl sites for hydroxylation is 2. The van der Waals surface area contributed by atoms with E-state index in [-0.39, 0.29) is 22.8 Å². The van der Waals surface area contributed by atoms with E-state index in [1.54, 1.807) is 0 Å². The fourth-order valence-electron chi connectivity index (χ4n) is 5.88. The summed E-state index contributed by atoms with van der Waals surface area (Å²) in [6.07, 6.45) is -0.283. The van der Waals surface area contributed by atoms with Gasteiger partial charge in [0.05, 0.1) is 6.04 Å². The van der Waals surface area contributed by atoms with Crippen LogP contribution < -0.4 is 5.32 Å². The average Bonchev–Trinajstić information content (AvgIpc) is 3.15. The molecule has 0 spiro atoms. The largest absolute Gasteiger partial charge is 0.465 e. The molecule has 0 saturated carbocycles. The minimum atomic E-state index is -0.998. The van der Waals surface area contributed by atoms with E-state index in [2.05, 4.69) is 24.1 Å². The van der Waals surface area contributed by atoms with Crippen molar-refractivity contribution in [2.75, 3.05) is 32.7 Å². The van der Waals surface area contributed by atoms with Crippen LogP contribution in [0.4, 0.5) is 4.79 Å². The molecule has 2 aromatic carbocycles. The first kappa shape index (κ1) is 23.3. The van der Waals surface area contributed by atoms with Gasteiger partial charge in [-0.05, 0) is 37.0 Å². The fraction of sp³-hybridized carbons (Fsp3) is 0.481. The van der Waals surface area contributed by atoms with Crippen molar-refractivity contribution < 1.29 is 14.7 Å². The van der Waals surface area contributed by atoms with Crippen molar-refractivity contribution in [2.24, 2.45) is 10.8 Å². The quantitative estimate of drug-likeness (QED) is 0.682. The Morgan fingerprint density at radius 1 is 0.939 bits per heavy atom. The van der Waals surface area contributed by atoms with Crippen molar-refractivity contribution in [1.82, 2.24) is 15.1 Å². The summed E-state index contributed by atoms with van der Waals surface area (Å²) in [6.45, 7) is 12.8. The molecule has 2 aliphatic heterocycles. The van der Waals surface area contributed by atoms with Crippen LogP contribution in [0.25, 0.3) is 0 Å². The van der Waals surface area contributed by atoms with E-state index in [9.17, 15) is 14.7 Å². The van der Waals surface area contributed by atoms with Crippen molar-refractivity contribution in [3.63, 3.8) is 0 Å². The van der Waals surface area contributed by atoms with Crippen molar-refractivity contribution in [2.45, 2.75) is 40.2 Å². The van der Waals surface area contributed by atoms with Crippen LogP contribution in [0.3, 0.4) is 0 Å². The van der Waals surface area contributed by atoms with Crippen molar-refractivity contribution in [3.8, 4) is 0 Å². The van der Waals surface area contributed by atoms with E-state index in [0.717, 1.165) is 55.0 Å². The molecule has 2 amide bonds. The minimum Gasteiger partial charge on any atom is -0.465 e. The maximum Gasteiger partial charge on any atom is 0.405 e. The van der Waals surface area contributed by atoms with E-state index in [1.807, 2.05) is 67.3 Å². The fourth-order valence-corrected chi connectivity index (χ4v) is 5.88. The number of hydrogen-bond acceptors (Lipinski definition) is 3. The van der Waals surface area contributed by atoms with Gasteiger partial charge >= 0.3 is 6.09 Å². The summed E-state index contributed by atoms with van der Waals surface area (Å²) in [5.41, 5.74) is 3.93. The number of nitrogens with zero attached hydrogens (tertiary/aromatic N) is 2. The lowest BCUT2D eigenvalue weighted by Gasteiger charge is -2.30. The van der Waals surface area contributed by atoms with Crippen molar-refractivity contribution in [3.05, 3.63) is 70.8 Å². The Morgan fingerprint density at radius 3 is 2.06 bits per heavy atom. The lowest BCUT2D eigenvalue weighted by atomic mass is 9.71. The second-order valence-electron chi connectivity index (χ2n) is 10.5. The Bertz CT molecular complexity index is 1000. The minimum absolute atomic E-state index is 0.0156. The first-order chi connectivity index (χ1) is 15.6. The second-order valence-corrected chi connectivity index (χ2v) is 10.5. The van der Waals surface area contributed by atoms with Crippen LogP contribution in [0.15, 0.2) is 48.5 Å². The molecule has 2 aromatic rings. The van der Waals surface area contributed by atoms with Gasteiger partial charge in [0, 0.05) is 49.1 Å². The Hall–Kier alpha value is -2.86. The number of nitrogens with one attached hydrogen (secondary N) is 1. The van der Waals surface area contributed by atoms with E-state index in [0.29, 0.717) is 6.42 Å². The van der Waals surface area contributed by atoms with Gasteiger partial charge in [0.2, 0.25) is 0 Å². The standard InChI is InChI=1S/C27H35N3O3/c1-19-9-8-10-20(2)23(19)24(31)30-17-26(3)15-29(16-27(26,4)18-30)14-13-22(28-25(32)33)21-11-6-5-7-12-21/h5-12,22,28H,13-18H2,1-4H3,(H,32,33)/t22?,26-,27?/m0/s1. The number of carboxylic acid groups (broad SMARTS) is 1. The van der Waals surface area contributed by atoms with Gasteiger partial charge < -0.3 is 20.2 Å². The summed E-state index contributed by atoms with van der Waals surface area (Å²) in [6, 6.07) is 15.6. The number of hydrogen-bond donors (Lipinski definition) is 2. The zero-order valence-electron chi connectivity index (χ0n) is 20.1. The average molecular weight is 450 g/mol. The lowest BCUT2D eigenvalue weighted by molar-refractivity contribution is 0.0756. The number of carbonyl (C=O) groups excluding carboxylic acids is 1. The zero-order valence-corrected chi connectivity index (χ0v) is 20.1. The van der Waals surface area contributed by atoms with Crippen molar-refractivity contribution >= 4 is 12.0 Å². The second kappa shape index (κ2) is 8.82. The number of fused-ring (bicyclic) bond motifs is 1.